The Morgan fingerprint density at radius 1 is 1.09 bits per heavy atom. The molecule has 2 aromatic carbocycles. The van der Waals surface area contributed by atoms with Crippen LogP contribution in [0.4, 0.5) is 4.39 Å². The number of benzene rings is 2. The lowest BCUT2D eigenvalue weighted by Crippen LogP contribution is -2.58. The van der Waals surface area contributed by atoms with Gasteiger partial charge in [-0.2, -0.15) is 0 Å². The minimum Gasteiger partial charge on any atom is -0.489 e. The van der Waals surface area contributed by atoms with E-state index in [1.54, 1.807) is 12.3 Å². The van der Waals surface area contributed by atoms with Gasteiger partial charge >= 0.3 is 0 Å². The number of aromatic nitrogens is 2. The van der Waals surface area contributed by atoms with E-state index in [-0.39, 0.29) is 17.7 Å². The molecular weight excluding hydrogens is 405 g/mol. The molecule has 32 heavy (non-hydrogen) atoms. The molecule has 0 amide bonds. The Hall–Kier alpha value is -2.70. The molecule has 2 aliphatic rings. The van der Waals surface area contributed by atoms with Crippen LogP contribution < -0.4 is 4.74 Å². The van der Waals surface area contributed by atoms with Crippen molar-refractivity contribution >= 4 is 0 Å². The lowest BCUT2D eigenvalue weighted by Gasteiger charge is -2.52. The maximum Gasteiger partial charge on any atom is 0.141 e. The van der Waals surface area contributed by atoms with Crippen molar-refractivity contribution in [2.24, 2.45) is 18.9 Å². The van der Waals surface area contributed by atoms with Gasteiger partial charge in [-0.1, -0.05) is 30.7 Å². The van der Waals surface area contributed by atoms with Gasteiger partial charge in [0.2, 0.25) is 0 Å². The Morgan fingerprint density at radius 3 is 2.50 bits per heavy atom. The summed E-state index contributed by atoms with van der Waals surface area (Å²) < 4.78 is 21.1. The van der Waals surface area contributed by atoms with Crippen LogP contribution in [0, 0.1) is 17.7 Å². The Labute approximate surface area is 188 Å². The van der Waals surface area contributed by atoms with Crippen molar-refractivity contribution in [3.8, 4) is 5.75 Å². The first-order chi connectivity index (χ1) is 15.5. The van der Waals surface area contributed by atoms with Crippen molar-refractivity contribution in [1.82, 2.24) is 14.5 Å². The number of imidazole rings is 1. The van der Waals surface area contributed by atoms with E-state index in [9.17, 15) is 9.50 Å². The molecule has 2 heterocycles. The van der Waals surface area contributed by atoms with Crippen molar-refractivity contribution in [1.29, 1.82) is 0 Å². The molecule has 1 N–H and O–H groups in total. The maximum absolute atomic E-state index is 13.3. The predicted octanol–water partition coefficient (Wildman–Crippen LogP) is 4.26. The molecule has 2 atom stereocenters. The standard InChI is InChI=1S/C26H30FN3O2/c1-29-13-12-28-25(29)26(31)21-5-3-6-22(26)17-30(16-21)15-19-8-10-24(11-9-19)32-18-20-4-2-7-23(27)14-20/h2,4,7-14,21-22,31H,3,5-6,15-18H2,1H3/t21-,22-/m1/s1. The Morgan fingerprint density at radius 2 is 1.84 bits per heavy atom. The van der Waals surface area contributed by atoms with E-state index in [0.717, 1.165) is 49.6 Å². The largest absolute Gasteiger partial charge is 0.489 e. The van der Waals surface area contributed by atoms with Gasteiger partial charge < -0.3 is 14.4 Å². The fourth-order valence-electron chi connectivity index (χ4n) is 5.53. The van der Waals surface area contributed by atoms with Gasteiger partial charge in [0.25, 0.3) is 0 Å². The number of rotatable bonds is 6. The third-order valence-corrected chi connectivity index (χ3v) is 7.11. The van der Waals surface area contributed by atoms with Gasteiger partial charge in [0.1, 0.15) is 29.6 Å². The minimum atomic E-state index is -0.832. The summed E-state index contributed by atoms with van der Waals surface area (Å²) in [5, 5.41) is 11.7. The molecule has 1 aliphatic carbocycles. The summed E-state index contributed by atoms with van der Waals surface area (Å²) in [7, 11) is 1.97. The van der Waals surface area contributed by atoms with Crippen LogP contribution in [0.25, 0.3) is 0 Å². The maximum atomic E-state index is 13.3. The molecule has 1 aliphatic heterocycles. The second-order valence-electron chi connectivity index (χ2n) is 9.27. The van der Waals surface area contributed by atoms with E-state index in [4.69, 9.17) is 4.74 Å². The lowest BCUT2D eigenvalue weighted by molar-refractivity contribution is -0.155. The summed E-state index contributed by atoms with van der Waals surface area (Å²) in [6.07, 6.45) is 6.94. The van der Waals surface area contributed by atoms with Gasteiger partial charge in [-0.25, -0.2) is 9.37 Å². The third kappa shape index (κ3) is 4.05. The fraction of sp³-hybridized carbons (Fsp3) is 0.423. The van der Waals surface area contributed by atoms with Crippen molar-refractivity contribution in [2.75, 3.05) is 13.1 Å². The second kappa shape index (κ2) is 8.68. The molecule has 1 aromatic heterocycles. The Balaban J connectivity index is 1.22. The predicted molar refractivity (Wildman–Crippen MR) is 120 cm³/mol. The number of fused-ring (bicyclic) bond motifs is 2. The van der Waals surface area contributed by atoms with Crippen molar-refractivity contribution in [3.63, 3.8) is 0 Å². The average Bonchev–Trinajstić information content (AvgIpc) is 3.21. The zero-order valence-corrected chi connectivity index (χ0v) is 18.5. The van der Waals surface area contributed by atoms with Crippen LogP contribution in [0.2, 0.25) is 0 Å². The van der Waals surface area contributed by atoms with Gasteiger partial charge in [0, 0.05) is 50.9 Å². The number of aryl methyl sites for hydroxylation is 1. The molecule has 1 saturated heterocycles. The van der Waals surface area contributed by atoms with Gasteiger partial charge in [-0.15, -0.1) is 0 Å². The highest BCUT2D eigenvalue weighted by Crippen LogP contribution is 2.48. The summed E-state index contributed by atoms with van der Waals surface area (Å²) in [4.78, 5) is 6.98. The van der Waals surface area contributed by atoms with Crippen LogP contribution in [0.15, 0.2) is 60.9 Å². The molecule has 2 fully saturated rings. The Bertz CT molecular complexity index is 1050. The van der Waals surface area contributed by atoms with Gasteiger partial charge in [0.05, 0.1) is 0 Å². The number of halogens is 1. The molecule has 0 spiro atoms. The van der Waals surface area contributed by atoms with Crippen LogP contribution >= 0.6 is 0 Å². The molecule has 168 valence electrons. The third-order valence-electron chi connectivity index (χ3n) is 7.11. The number of ether oxygens (including phenoxy) is 1. The molecular formula is C26H30FN3O2. The van der Waals surface area contributed by atoms with Crippen LogP contribution in [0.1, 0.15) is 36.2 Å². The van der Waals surface area contributed by atoms with Crippen LogP contribution in [0.3, 0.4) is 0 Å². The number of hydrogen-bond donors (Lipinski definition) is 1. The number of likely N-dealkylation sites (tertiary alicyclic amines) is 1. The molecule has 6 heteroatoms. The van der Waals surface area contributed by atoms with E-state index in [2.05, 4.69) is 22.0 Å². The monoisotopic (exact) mass is 435 g/mol. The molecule has 0 radical (unpaired) electrons. The first kappa shape index (κ1) is 21.2. The topological polar surface area (TPSA) is 50.5 Å². The first-order valence-electron chi connectivity index (χ1n) is 11.4. The minimum absolute atomic E-state index is 0.199. The van der Waals surface area contributed by atoms with Crippen molar-refractivity contribution in [2.45, 2.75) is 38.0 Å². The lowest BCUT2D eigenvalue weighted by atomic mass is 9.65. The quantitative estimate of drug-likeness (QED) is 0.629. The van der Waals surface area contributed by atoms with Gasteiger partial charge in [-0.05, 0) is 48.2 Å². The highest BCUT2D eigenvalue weighted by atomic mass is 19.1. The van der Waals surface area contributed by atoms with Gasteiger partial charge in [-0.3, -0.25) is 4.90 Å². The smallest absolute Gasteiger partial charge is 0.141 e. The number of nitrogens with zero attached hydrogens (tertiary/aromatic N) is 3. The SMILES string of the molecule is Cn1ccnc1C1(O)[C@@H]2CCC[C@@H]1CN(Cc1ccc(OCc3cccc(F)c3)cc1)C2. The van der Waals surface area contributed by atoms with Crippen molar-refractivity contribution in [3.05, 3.63) is 83.7 Å². The fourth-order valence-corrected chi connectivity index (χ4v) is 5.53. The van der Waals surface area contributed by atoms with Crippen LogP contribution in [0.5, 0.6) is 5.75 Å². The van der Waals surface area contributed by atoms with E-state index in [1.807, 2.05) is 36.0 Å². The summed E-state index contributed by atoms with van der Waals surface area (Å²) in [5.74, 6) is 1.74. The van der Waals surface area contributed by atoms with E-state index in [0.29, 0.717) is 6.61 Å². The van der Waals surface area contributed by atoms with E-state index in [1.165, 1.54) is 24.1 Å². The number of piperidine rings is 1. The second-order valence-corrected chi connectivity index (χ2v) is 9.27. The highest BCUT2D eigenvalue weighted by molar-refractivity contribution is 5.28. The zero-order valence-electron chi connectivity index (χ0n) is 18.5. The average molecular weight is 436 g/mol. The molecule has 0 unspecified atom stereocenters. The molecule has 1 saturated carbocycles. The highest BCUT2D eigenvalue weighted by Gasteiger charge is 2.53. The Kier molecular flexibility index (Phi) is 5.74. The molecule has 2 bridgehead atoms. The summed E-state index contributed by atoms with van der Waals surface area (Å²) in [6, 6.07) is 14.6. The number of hydrogen-bond acceptors (Lipinski definition) is 4. The van der Waals surface area contributed by atoms with Crippen molar-refractivity contribution < 1.29 is 14.2 Å². The first-order valence-corrected chi connectivity index (χ1v) is 11.4. The molecule has 3 aromatic rings. The van der Waals surface area contributed by atoms with Crippen LogP contribution in [-0.2, 0) is 25.8 Å². The van der Waals surface area contributed by atoms with E-state index < -0.39 is 5.60 Å². The summed E-state index contributed by atoms with van der Waals surface area (Å²) in [6.45, 7) is 2.95. The van der Waals surface area contributed by atoms with Gasteiger partial charge in [0.15, 0.2) is 0 Å². The summed E-state index contributed by atoms with van der Waals surface area (Å²) >= 11 is 0. The zero-order chi connectivity index (χ0) is 22.1. The summed E-state index contributed by atoms with van der Waals surface area (Å²) in [5.41, 5.74) is 1.21. The number of aliphatic hydroxyl groups is 1. The normalized spacial score (nSPS) is 25.6. The molecule has 5 rings (SSSR count). The van der Waals surface area contributed by atoms with Crippen LogP contribution in [-0.4, -0.2) is 32.6 Å². The van der Waals surface area contributed by atoms with E-state index >= 15 is 0 Å². The molecule has 5 nitrogen and oxygen atoms in total.